The summed E-state index contributed by atoms with van der Waals surface area (Å²) >= 11 is 0. The van der Waals surface area contributed by atoms with Crippen molar-refractivity contribution in [2.75, 3.05) is 7.04 Å². The van der Waals surface area contributed by atoms with Crippen molar-refractivity contribution in [1.29, 1.82) is 0 Å². The molecule has 0 bridgehead atoms. The maximum atomic E-state index is 10.4. The van der Waals surface area contributed by atoms with Gasteiger partial charge in [-0.3, -0.25) is 0 Å². The van der Waals surface area contributed by atoms with Crippen LogP contribution in [0.25, 0.3) is 6.08 Å². The summed E-state index contributed by atoms with van der Waals surface area (Å²) in [6, 6.07) is 0.0474. The normalized spacial score (nSPS) is 16.4. The third-order valence-electron chi connectivity index (χ3n) is 1.34. The van der Waals surface area contributed by atoms with E-state index in [0.717, 1.165) is 18.2 Å². The van der Waals surface area contributed by atoms with Gasteiger partial charge in [0.05, 0.1) is 13.9 Å². The van der Waals surface area contributed by atoms with E-state index < -0.39 is 36.6 Å². The number of carbonyl (C=O) groups is 1. The van der Waals surface area contributed by atoms with E-state index in [4.69, 9.17) is 12.0 Å². The zero-order valence-electron chi connectivity index (χ0n) is 11.9. The van der Waals surface area contributed by atoms with Crippen LogP contribution in [0.5, 0.6) is 11.5 Å². The van der Waals surface area contributed by atoms with Crippen molar-refractivity contribution in [3.8, 4) is 11.5 Å². The quantitative estimate of drug-likeness (QED) is 0.724. The summed E-state index contributed by atoms with van der Waals surface area (Å²) in [6.45, 7) is 0. The van der Waals surface area contributed by atoms with Gasteiger partial charge >= 0.3 is 5.97 Å². The Bertz CT molecular complexity index is 536. The number of carboxylic acid groups (broad SMARTS) is 1. The minimum atomic E-state index is -2.89. The van der Waals surface area contributed by atoms with Crippen LogP contribution in [0.15, 0.2) is 24.2 Å². The molecule has 14 heavy (non-hydrogen) atoms. The summed E-state index contributed by atoms with van der Waals surface area (Å²) in [5, 5.41) is 18.0. The number of phenolic OH excluding ortho intramolecular Hbond substituents is 1. The van der Waals surface area contributed by atoms with E-state index >= 15 is 0 Å². The summed E-state index contributed by atoms with van der Waals surface area (Å²) in [5.41, 5.74) is -0.0514. The maximum Gasteiger partial charge on any atom is 0.328 e. The minimum absolute atomic E-state index is 0.0514. The smallest absolute Gasteiger partial charge is 0.328 e. The van der Waals surface area contributed by atoms with Crippen LogP contribution in [-0.4, -0.2) is 23.2 Å². The van der Waals surface area contributed by atoms with Crippen LogP contribution in [0.4, 0.5) is 0 Å². The maximum absolute atomic E-state index is 10.4. The van der Waals surface area contributed by atoms with E-state index in [1.807, 2.05) is 0 Å². The molecule has 0 unspecified atom stereocenters. The highest BCUT2D eigenvalue weighted by molar-refractivity contribution is 5.85. The average Bonchev–Trinajstić information content (AvgIpc) is 2.26. The van der Waals surface area contributed by atoms with Gasteiger partial charge < -0.3 is 14.9 Å². The topological polar surface area (TPSA) is 66.8 Å². The third-order valence-corrected chi connectivity index (χ3v) is 1.34. The van der Waals surface area contributed by atoms with Crippen LogP contribution in [0.3, 0.4) is 0 Å². The molecule has 0 aliphatic carbocycles. The molecule has 2 N–H and O–H groups in total. The first kappa shape index (κ1) is 5.05. The Balaban J connectivity index is 3.34. The predicted octanol–water partition coefficient (Wildman–Crippen LogP) is 1.50. The zero-order chi connectivity index (χ0) is 14.8. The molecule has 0 fully saturated rings. The number of rotatable bonds is 3. The monoisotopic (exact) mass is 199 g/mol. The van der Waals surface area contributed by atoms with Gasteiger partial charge in [0.25, 0.3) is 0 Å². The minimum Gasteiger partial charge on any atom is -0.504 e. The molecule has 0 spiro atoms. The summed E-state index contributed by atoms with van der Waals surface area (Å²) in [7, 11) is -2.89. The lowest BCUT2D eigenvalue weighted by molar-refractivity contribution is -0.131. The largest absolute Gasteiger partial charge is 0.504 e. The Labute approximate surface area is 88.1 Å². The van der Waals surface area contributed by atoms with Gasteiger partial charge in [-0.25, -0.2) is 4.79 Å². The van der Waals surface area contributed by atoms with Crippen molar-refractivity contribution in [3.05, 3.63) is 29.8 Å². The molecule has 0 atom stereocenters. The van der Waals surface area contributed by atoms with E-state index in [9.17, 15) is 9.90 Å². The summed E-state index contributed by atoms with van der Waals surface area (Å²) in [4.78, 5) is 10.4. The molecular formula is C10H10O4. The number of aliphatic carboxylic acids is 1. The average molecular weight is 199 g/mol. The molecule has 0 saturated heterocycles. The SMILES string of the molecule is [2H]c1cc(/C=C/C(=O)O)c([2H])c(OC([2H])([2H])[2H])c1O. The van der Waals surface area contributed by atoms with E-state index in [0.29, 0.717) is 0 Å². The van der Waals surface area contributed by atoms with Crippen molar-refractivity contribution in [2.24, 2.45) is 0 Å². The molecule has 1 aromatic carbocycles. The Hall–Kier alpha value is -1.97. The van der Waals surface area contributed by atoms with Gasteiger partial charge in [-0.2, -0.15) is 0 Å². The molecule has 0 aliphatic rings. The predicted molar refractivity (Wildman–Crippen MR) is 51.3 cm³/mol. The summed E-state index contributed by atoms with van der Waals surface area (Å²) < 4.78 is 40.3. The molecule has 4 heteroatoms. The lowest BCUT2D eigenvalue weighted by Gasteiger charge is -2.03. The number of carboxylic acids is 1. The van der Waals surface area contributed by atoms with Crippen LogP contribution >= 0.6 is 0 Å². The van der Waals surface area contributed by atoms with Gasteiger partial charge in [0, 0.05) is 6.08 Å². The van der Waals surface area contributed by atoms with E-state index in [2.05, 4.69) is 4.74 Å². The fourth-order valence-electron chi connectivity index (χ4n) is 0.763. The number of phenols is 1. The van der Waals surface area contributed by atoms with Crippen LogP contribution in [0.1, 0.15) is 12.4 Å². The zero-order valence-corrected chi connectivity index (χ0v) is 6.94. The Morgan fingerprint density at radius 2 is 2.57 bits per heavy atom. The Kier molecular flexibility index (Phi) is 1.56. The number of aromatic hydroxyl groups is 1. The first-order chi connectivity index (χ1) is 8.61. The first-order valence-electron chi connectivity index (χ1n) is 6.05. The van der Waals surface area contributed by atoms with Crippen molar-refractivity contribution in [3.63, 3.8) is 0 Å². The second kappa shape index (κ2) is 4.32. The van der Waals surface area contributed by atoms with Crippen molar-refractivity contribution in [2.45, 2.75) is 0 Å². The van der Waals surface area contributed by atoms with Gasteiger partial charge in [0.15, 0.2) is 11.5 Å². The van der Waals surface area contributed by atoms with Crippen LogP contribution < -0.4 is 4.74 Å². The highest BCUT2D eigenvalue weighted by Crippen LogP contribution is 2.26. The van der Waals surface area contributed by atoms with Gasteiger partial charge in [-0.1, -0.05) is 6.07 Å². The number of methoxy groups -OCH3 is 1. The first-order valence-corrected chi connectivity index (χ1v) is 3.55. The summed E-state index contributed by atoms with van der Waals surface area (Å²) in [6.07, 6.45) is 1.73. The molecule has 1 aromatic rings. The van der Waals surface area contributed by atoms with Gasteiger partial charge in [0.2, 0.25) is 0 Å². The number of hydrogen-bond donors (Lipinski definition) is 2. The van der Waals surface area contributed by atoms with Gasteiger partial charge in [0.1, 0.15) is 0 Å². The van der Waals surface area contributed by atoms with Crippen LogP contribution in [0, 0.1) is 0 Å². The molecule has 0 saturated carbocycles. The van der Waals surface area contributed by atoms with Crippen LogP contribution in [-0.2, 0) is 4.79 Å². The second-order valence-corrected chi connectivity index (χ2v) is 2.32. The third kappa shape index (κ3) is 2.52. The van der Waals surface area contributed by atoms with E-state index in [1.54, 1.807) is 0 Å². The molecule has 0 amide bonds. The molecular weight excluding hydrogens is 184 g/mol. The summed E-state index contributed by atoms with van der Waals surface area (Å²) in [5.74, 6) is -2.73. The standard InChI is InChI=1S/C10H10O4/c1-14-9-6-7(2-4-8(9)11)3-5-10(12)13/h2-6,11H,1H3,(H,12,13)/b5-3+/i1D3,4D,6D. The number of benzene rings is 1. The molecule has 4 nitrogen and oxygen atoms in total. The van der Waals surface area contributed by atoms with Crippen LogP contribution in [0.2, 0.25) is 0 Å². The highest BCUT2D eigenvalue weighted by atomic mass is 16.5. The van der Waals surface area contributed by atoms with Crippen molar-refractivity contribution < 1.29 is 26.6 Å². The Morgan fingerprint density at radius 1 is 1.79 bits per heavy atom. The fraction of sp³-hybridized carbons (Fsp3) is 0.100. The van der Waals surface area contributed by atoms with E-state index in [1.165, 1.54) is 0 Å². The van der Waals surface area contributed by atoms with Gasteiger partial charge in [-0.05, 0) is 23.7 Å². The highest BCUT2D eigenvalue weighted by Gasteiger charge is 2.00. The Morgan fingerprint density at radius 3 is 3.21 bits per heavy atom. The fourth-order valence-corrected chi connectivity index (χ4v) is 0.763. The van der Waals surface area contributed by atoms with E-state index in [-0.39, 0.29) is 5.56 Å². The molecule has 1 rings (SSSR count). The molecule has 0 radical (unpaired) electrons. The molecule has 74 valence electrons. The number of hydrogen-bond acceptors (Lipinski definition) is 3. The second-order valence-electron chi connectivity index (χ2n) is 2.32. The number of ether oxygens (including phenoxy) is 1. The molecule has 0 aromatic heterocycles. The molecule has 0 heterocycles. The van der Waals surface area contributed by atoms with Gasteiger partial charge in [-0.15, -0.1) is 0 Å². The lowest BCUT2D eigenvalue weighted by Crippen LogP contribution is -1.87. The lowest BCUT2D eigenvalue weighted by atomic mass is 10.2. The van der Waals surface area contributed by atoms with Crippen molar-refractivity contribution >= 4 is 12.0 Å². The van der Waals surface area contributed by atoms with Crippen molar-refractivity contribution in [1.82, 2.24) is 0 Å². The molecule has 0 aliphatic heterocycles.